The van der Waals surface area contributed by atoms with Gasteiger partial charge in [-0.15, -0.1) is 0 Å². The number of allylic oxidation sites excluding steroid dienone is 4. The van der Waals surface area contributed by atoms with Crippen LogP contribution in [0.3, 0.4) is 0 Å². The molecule has 0 saturated heterocycles. The molecule has 0 atom stereocenters. The second-order valence-corrected chi connectivity index (χ2v) is 5.13. The Morgan fingerprint density at radius 3 is 2.60 bits per heavy atom. The van der Waals surface area contributed by atoms with E-state index in [1.54, 1.807) is 0 Å². The third-order valence-corrected chi connectivity index (χ3v) is 3.27. The summed E-state index contributed by atoms with van der Waals surface area (Å²) in [4.78, 5) is 9.12. The second-order valence-electron chi connectivity index (χ2n) is 4.32. The molecule has 1 heterocycles. The molecule has 0 saturated carbocycles. The van der Waals surface area contributed by atoms with Gasteiger partial charge in [-0.25, -0.2) is 9.97 Å². The Morgan fingerprint density at radius 1 is 1.20 bits per heavy atom. The molecule has 0 radical (unpaired) electrons. The van der Waals surface area contributed by atoms with E-state index >= 15 is 0 Å². The maximum atomic E-state index is 4.67. The molecule has 0 aliphatic heterocycles. The first-order valence-electron chi connectivity index (χ1n) is 6.67. The monoisotopic (exact) mass is 328 g/mol. The van der Waals surface area contributed by atoms with Crippen molar-refractivity contribution in [2.45, 2.75) is 20.3 Å². The van der Waals surface area contributed by atoms with Crippen molar-refractivity contribution in [3.63, 3.8) is 0 Å². The fourth-order valence-electron chi connectivity index (χ4n) is 1.86. The maximum absolute atomic E-state index is 4.67. The Bertz CT molecular complexity index is 631. The van der Waals surface area contributed by atoms with Gasteiger partial charge in [0.2, 0.25) is 0 Å². The zero-order chi connectivity index (χ0) is 14.4. The van der Waals surface area contributed by atoms with E-state index in [2.05, 4.69) is 51.0 Å². The number of rotatable bonds is 4. The molecular weight excluding hydrogens is 312 g/mol. The number of nitrogens with zero attached hydrogens (tertiary/aromatic N) is 2. The molecule has 0 unspecified atom stereocenters. The molecule has 2 aromatic rings. The number of hydrogen-bond donors (Lipinski definition) is 0. The first kappa shape index (κ1) is 14.7. The van der Waals surface area contributed by atoms with Crippen LogP contribution in [-0.4, -0.2) is 9.97 Å². The van der Waals surface area contributed by atoms with Gasteiger partial charge in [0.25, 0.3) is 0 Å². The van der Waals surface area contributed by atoms with Crippen LogP contribution in [0.1, 0.15) is 26.0 Å². The van der Waals surface area contributed by atoms with Crippen LogP contribution in [-0.2, 0) is 0 Å². The standard InChI is InChI=1S/C17H17BrN2/c1-3-5-9-13(4-2)15-12-16(18)20-17(19-15)14-10-7-6-8-11-14/h4-12H,3H2,1-2H3/b9-5-,13-4+. The minimum atomic E-state index is 0.735. The smallest absolute Gasteiger partial charge is 0.161 e. The van der Waals surface area contributed by atoms with Crippen molar-refractivity contribution in [3.05, 3.63) is 64.9 Å². The molecule has 1 aromatic carbocycles. The van der Waals surface area contributed by atoms with E-state index in [4.69, 9.17) is 0 Å². The molecular formula is C17H17BrN2. The predicted molar refractivity (Wildman–Crippen MR) is 88.3 cm³/mol. The highest BCUT2D eigenvalue weighted by atomic mass is 79.9. The zero-order valence-electron chi connectivity index (χ0n) is 11.7. The molecule has 20 heavy (non-hydrogen) atoms. The molecule has 0 aliphatic rings. The molecule has 0 bridgehead atoms. The minimum Gasteiger partial charge on any atom is -0.228 e. The fraction of sp³-hybridized carbons (Fsp3) is 0.176. The lowest BCUT2D eigenvalue weighted by Crippen LogP contribution is -1.95. The lowest BCUT2D eigenvalue weighted by Gasteiger charge is -2.06. The molecule has 0 N–H and O–H groups in total. The molecule has 0 spiro atoms. The highest BCUT2D eigenvalue weighted by Crippen LogP contribution is 2.22. The van der Waals surface area contributed by atoms with Gasteiger partial charge in [0, 0.05) is 5.56 Å². The van der Waals surface area contributed by atoms with E-state index in [-0.39, 0.29) is 0 Å². The first-order chi connectivity index (χ1) is 9.74. The van der Waals surface area contributed by atoms with Crippen LogP contribution in [0, 0.1) is 0 Å². The summed E-state index contributed by atoms with van der Waals surface area (Å²) in [5.74, 6) is 0.735. The molecule has 2 nitrogen and oxygen atoms in total. The normalized spacial score (nSPS) is 12.1. The Morgan fingerprint density at radius 2 is 1.95 bits per heavy atom. The van der Waals surface area contributed by atoms with Gasteiger partial charge in [-0.2, -0.15) is 0 Å². The SMILES string of the molecule is C/C=C(\C=C/CC)c1cc(Br)nc(-c2ccccc2)n1. The zero-order valence-corrected chi connectivity index (χ0v) is 13.3. The third kappa shape index (κ3) is 3.64. The van der Waals surface area contributed by atoms with Crippen LogP contribution in [0.5, 0.6) is 0 Å². The first-order valence-corrected chi connectivity index (χ1v) is 7.47. The van der Waals surface area contributed by atoms with Gasteiger partial charge >= 0.3 is 0 Å². The molecule has 0 aliphatic carbocycles. The van der Waals surface area contributed by atoms with Gasteiger partial charge in [-0.3, -0.25) is 0 Å². The van der Waals surface area contributed by atoms with Crippen LogP contribution in [0.2, 0.25) is 0 Å². The third-order valence-electron chi connectivity index (χ3n) is 2.87. The lowest BCUT2D eigenvalue weighted by molar-refractivity contribution is 1.12. The van der Waals surface area contributed by atoms with Crippen LogP contribution < -0.4 is 0 Å². The summed E-state index contributed by atoms with van der Waals surface area (Å²) < 4.78 is 0.797. The topological polar surface area (TPSA) is 25.8 Å². The molecule has 0 amide bonds. The van der Waals surface area contributed by atoms with Crippen LogP contribution in [0.4, 0.5) is 0 Å². The van der Waals surface area contributed by atoms with Crippen LogP contribution in [0.15, 0.2) is 59.2 Å². The molecule has 1 aromatic heterocycles. The summed E-state index contributed by atoms with van der Waals surface area (Å²) in [5.41, 5.74) is 3.05. The molecule has 3 heteroatoms. The number of hydrogen-bond acceptors (Lipinski definition) is 2. The van der Waals surface area contributed by atoms with Crippen molar-refractivity contribution < 1.29 is 0 Å². The largest absolute Gasteiger partial charge is 0.228 e. The van der Waals surface area contributed by atoms with Gasteiger partial charge in [0.1, 0.15) is 4.60 Å². The number of halogens is 1. The van der Waals surface area contributed by atoms with Gasteiger partial charge in [-0.1, -0.05) is 55.5 Å². The van der Waals surface area contributed by atoms with Gasteiger partial charge in [0.15, 0.2) is 5.82 Å². The molecule has 0 fully saturated rings. The Hall–Kier alpha value is -1.74. The van der Waals surface area contributed by atoms with E-state index in [1.807, 2.05) is 43.3 Å². The van der Waals surface area contributed by atoms with Gasteiger partial charge in [0.05, 0.1) is 5.69 Å². The highest BCUT2D eigenvalue weighted by molar-refractivity contribution is 9.10. The van der Waals surface area contributed by atoms with Crippen molar-refractivity contribution in [3.8, 4) is 11.4 Å². The van der Waals surface area contributed by atoms with Crippen molar-refractivity contribution in [2.24, 2.45) is 0 Å². The Kier molecular flexibility index (Phi) is 5.24. The highest BCUT2D eigenvalue weighted by Gasteiger charge is 2.07. The number of aromatic nitrogens is 2. The predicted octanol–water partition coefficient (Wildman–Crippen LogP) is 5.28. The van der Waals surface area contributed by atoms with E-state index < -0.39 is 0 Å². The second kappa shape index (κ2) is 7.15. The summed E-state index contributed by atoms with van der Waals surface area (Å²) in [6, 6.07) is 12.0. The summed E-state index contributed by atoms with van der Waals surface area (Å²) in [6.45, 7) is 4.14. The summed E-state index contributed by atoms with van der Waals surface area (Å²) in [5, 5.41) is 0. The van der Waals surface area contributed by atoms with E-state index in [9.17, 15) is 0 Å². The average molecular weight is 329 g/mol. The van der Waals surface area contributed by atoms with Crippen molar-refractivity contribution in [1.82, 2.24) is 9.97 Å². The quantitative estimate of drug-likeness (QED) is 0.564. The fourth-order valence-corrected chi connectivity index (χ4v) is 2.24. The van der Waals surface area contributed by atoms with Crippen LogP contribution in [0.25, 0.3) is 17.0 Å². The maximum Gasteiger partial charge on any atom is 0.161 e. The van der Waals surface area contributed by atoms with Crippen LogP contribution >= 0.6 is 15.9 Å². The molecule has 102 valence electrons. The lowest BCUT2D eigenvalue weighted by atomic mass is 10.1. The summed E-state index contributed by atoms with van der Waals surface area (Å²) >= 11 is 3.47. The number of benzene rings is 1. The molecule has 2 rings (SSSR count). The summed E-state index contributed by atoms with van der Waals surface area (Å²) in [6.07, 6.45) is 7.31. The summed E-state index contributed by atoms with van der Waals surface area (Å²) in [7, 11) is 0. The van der Waals surface area contributed by atoms with Crippen molar-refractivity contribution in [1.29, 1.82) is 0 Å². The Labute approximate surface area is 128 Å². The van der Waals surface area contributed by atoms with E-state index in [0.717, 1.165) is 33.7 Å². The van der Waals surface area contributed by atoms with Gasteiger partial charge in [-0.05, 0) is 40.9 Å². The minimum absolute atomic E-state index is 0.735. The average Bonchev–Trinajstić information content (AvgIpc) is 2.48. The van der Waals surface area contributed by atoms with E-state index in [0.29, 0.717) is 0 Å². The van der Waals surface area contributed by atoms with Gasteiger partial charge < -0.3 is 0 Å². The van der Waals surface area contributed by atoms with Crippen molar-refractivity contribution >= 4 is 21.5 Å². The van der Waals surface area contributed by atoms with E-state index in [1.165, 1.54) is 0 Å². The Balaban J connectivity index is 2.46. The van der Waals surface area contributed by atoms with Crippen molar-refractivity contribution in [2.75, 3.05) is 0 Å².